The zero-order valence-electron chi connectivity index (χ0n) is 62.1. The molecule has 12 amide bonds. The number of aliphatic carboxylic acids is 3. The van der Waals surface area contributed by atoms with Gasteiger partial charge in [-0.05, 0) is 103 Å². The highest BCUT2D eigenvalue weighted by Gasteiger charge is 2.56. The number of carbonyl (C=O) groups is 15. The summed E-state index contributed by atoms with van der Waals surface area (Å²) in [6.45, 7) is 11.2. The number of aliphatic hydroxyl groups excluding tert-OH is 7. The van der Waals surface area contributed by atoms with Crippen LogP contribution in [-0.4, -0.2) is 302 Å². The molecule has 0 aliphatic carbocycles. The summed E-state index contributed by atoms with van der Waals surface area (Å²) in [5, 5.41) is 131. The van der Waals surface area contributed by atoms with Gasteiger partial charge in [-0.25, -0.2) is 4.98 Å². The summed E-state index contributed by atoms with van der Waals surface area (Å²) in [4.78, 5) is 211. The molecule has 1 aromatic rings. The zero-order valence-corrected chi connectivity index (χ0v) is 62.1. The summed E-state index contributed by atoms with van der Waals surface area (Å²) in [6, 6.07) is -20.9. The van der Waals surface area contributed by atoms with Gasteiger partial charge in [-0.3, -0.25) is 77.2 Å². The summed E-state index contributed by atoms with van der Waals surface area (Å²) in [7, 11) is 0. The minimum Gasteiger partial charge on any atom is -0.481 e. The van der Waals surface area contributed by atoms with E-state index in [9.17, 15) is 123 Å². The third-order valence-electron chi connectivity index (χ3n) is 17.9. The van der Waals surface area contributed by atoms with Crippen molar-refractivity contribution >= 4 is 88.8 Å². The molecule has 42 nitrogen and oxygen atoms in total. The van der Waals surface area contributed by atoms with Gasteiger partial charge in [-0.2, -0.15) is 0 Å². The van der Waals surface area contributed by atoms with Crippen molar-refractivity contribution in [2.24, 2.45) is 23.5 Å². The molecule has 2 aliphatic rings. The maximum atomic E-state index is 14.6. The molecule has 3 heterocycles. The number of H-pyrrole nitrogens is 1. The summed E-state index contributed by atoms with van der Waals surface area (Å²) < 4.78 is 5.62. The molecule has 42 heteroatoms. The number of nitrogens with two attached hydrogens (primary N) is 1. The number of rotatable bonds is 47. The van der Waals surface area contributed by atoms with E-state index in [-0.39, 0.29) is 64.0 Å². The first kappa shape index (κ1) is 93.1. The fourth-order valence-electron chi connectivity index (χ4n) is 11.6. The molecule has 0 radical (unpaired) electrons. The number of unbranched alkanes of at least 4 members (excludes halogenated alkanes) is 1. The Labute approximate surface area is 622 Å². The average molecular weight is 1540 g/mol. The molecule has 0 bridgehead atoms. The van der Waals surface area contributed by atoms with Crippen LogP contribution in [-0.2, 0) is 83.1 Å². The Bertz CT molecular complexity index is 3240. The number of carbonyl (C=O) groups excluding carboxylic acids is 12. The fourth-order valence-corrected chi connectivity index (χ4v) is 11.6. The summed E-state index contributed by atoms with van der Waals surface area (Å²) >= 11 is 0. The highest BCUT2D eigenvalue weighted by atomic mass is 16.6. The van der Waals surface area contributed by atoms with Crippen molar-refractivity contribution < 1.29 is 128 Å². The van der Waals surface area contributed by atoms with Crippen LogP contribution in [0.15, 0.2) is 12.5 Å². The second-order valence-corrected chi connectivity index (χ2v) is 28.0. The predicted octanol–water partition coefficient (Wildman–Crippen LogP) is -8.87. The predicted molar refractivity (Wildman–Crippen MR) is 374 cm³/mol. The van der Waals surface area contributed by atoms with Crippen molar-refractivity contribution in [1.82, 2.24) is 78.7 Å². The van der Waals surface area contributed by atoms with Crippen LogP contribution in [0.4, 0.5) is 0 Å². The largest absolute Gasteiger partial charge is 0.481 e. The van der Waals surface area contributed by atoms with Crippen LogP contribution >= 0.6 is 0 Å². The molecule has 0 spiro atoms. The first-order valence-electron chi connectivity index (χ1n) is 35.6. The van der Waals surface area contributed by atoms with E-state index in [0.29, 0.717) is 5.69 Å². The lowest BCUT2D eigenvalue weighted by molar-refractivity contribution is -0.153. The standard InChI is InChI=1S/C66H110N16O26/c1-29(2)22-40(75-57(98)41(23-36-24-68-28-69-36)76-62(103)48(31(5)6)81-66(27-85)52(93)51(92)44(26-84)108-66)58(99)80-50(35(10)87)64(105)82-21-13-15-43(82)60(101)74-39(17-19-46(90)91)56(97)73-38(16-18-45(88)89)55(96)72-37(14-11-12-20-67)54(95)77-42(25-83)59(100)70-32(7)53(94)78-47(30(3)4)61(102)79-49(34(9)86)63(104)71-33(8)65(106)107/h24,28-35,37-44,47-52,81,83-87,92-93H,11-23,25-27,67H2,1-10H3,(H,68,69)(H,70,100)(H,71,104)(H,72,96)(H,73,97)(H,74,101)(H,75,98)(H,76,103)(H,77,95)(H,78,94)(H,79,102)(H,80,99)(H,88,89)(H,90,91)(H,106,107)/t32-,33-,34+,35+,37-,38-,39-,40-,41-,42-,43-,44+,47-,48-,49-,50-,51+,52-,66-/m0/s1. The number of hydrogen-bond acceptors (Lipinski definition) is 26. The molecule has 2 aliphatic heterocycles. The molecule has 25 N–H and O–H groups in total. The number of nitrogens with one attached hydrogen (secondary N) is 13. The maximum Gasteiger partial charge on any atom is 0.325 e. The molecule has 2 fully saturated rings. The molecule has 19 atom stereocenters. The monoisotopic (exact) mass is 1540 g/mol. The lowest BCUT2D eigenvalue weighted by atomic mass is 9.97. The number of likely N-dealkylation sites (tertiary alicyclic amines) is 1. The van der Waals surface area contributed by atoms with Crippen molar-refractivity contribution in [2.75, 3.05) is 32.9 Å². The van der Waals surface area contributed by atoms with Gasteiger partial charge in [0.25, 0.3) is 0 Å². The summed E-state index contributed by atoms with van der Waals surface area (Å²) in [5.74, 6) is -18.9. The van der Waals surface area contributed by atoms with E-state index in [1.807, 2.05) is 0 Å². The Hall–Kier alpha value is -9.14. The van der Waals surface area contributed by atoms with Crippen LogP contribution in [0.3, 0.4) is 0 Å². The van der Waals surface area contributed by atoms with Gasteiger partial charge in [-0.1, -0.05) is 41.5 Å². The van der Waals surface area contributed by atoms with Gasteiger partial charge in [-0.15, -0.1) is 0 Å². The normalized spacial score (nSPS) is 20.9. The van der Waals surface area contributed by atoms with E-state index in [1.54, 1.807) is 27.7 Å². The molecule has 0 unspecified atom stereocenters. The minimum absolute atomic E-state index is 0.0840. The first-order chi connectivity index (χ1) is 50.6. The van der Waals surface area contributed by atoms with Crippen LogP contribution in [0.5, 0.6) is 0 Å². The number of hydrogen-bond donors (Lipinski definition) is 24. The van der Waals surface area contributed by atoms with Crippen LogP contribution < -0.4 is 69.5 Å². The number of carboxylic acids is 3. The van der Waals surface area contributed by atoms with Crippen molar-refractivity contribution in [3.8, 4) is 0 Å². The van der Waals surface area contributed by atoms with E-state index in [1.165, 1.54) is 26.4 Å². The van der Waals surface area contributed by atoms with Crippen LogP contribution in [0.2, 0.25) is 0 Å². The Morgan fingerprint density at radius 2 is 1.04 bits per heavy atom. The number of aromatic amines is 1. The van der Waals surface area contributed by atoms with Gasteiger partial charge in [0.15, 0.2) is 5.72 Å². The van der Waals surface area contributed by atoms with Gasteiger partial charge in [0.1, 0.15) is 90.8 Å². The highest BCUT2D eigenvalue weighted by Crippen LogP contribution is 2.31. The second-order valence-electron chi connectivity index (χ2n) is 28.0. The Kier molecular flexibility index (Phi) is 38.2. The van der Waals surface area contributed by atoms with E-state index < -0.39 is 261 Å². The third kappa shape index (κ3) is 28.1. The minimum atomic E-state index is -2.16. The maximum absolute atomic E-state index is 14.6. The first-order valence-corrected chi connectivity index (χ1v) is 35.6. The Balaban J connectivity index is 1.86. The third-order valence-corrected chi connectivity index (χ3v) is 17.9. The number of nitrogens with zero attached hydrogens (tertiary/aromatic N) is 2. The Morgan fingerprint density at radius 3 is 1.52 bits per heavy atom. The molecule has 0 saturated carbocycles. The molecule has 1 aromatic heterocycles. The van der Waals surface area contributed by atoms with Crippen molar-refractivity contribution in [2.45, 2.75) is 255 Å². The lowest BCUT2D eigenvalue weighted by Crippen LogP contribution is -2.66. The van der Waals surface area contributed by atoms with Crippen molar-refractivity contribution in [1.29, 1.82) is 0 Å². The van der Waals surface area contributed by atoms with Gasteiger partial charge in [0.05, 0.1) is 44.4 Å². The van der Waals surface area contributed by atoms with E-state index in [0.717, 1.165) is 32.6 Å². The van der Waals surface area contributed by atoms with Crippen molar-refractivity contribution in [3.05, 3.63) is 18.2 Å². The van der Waals surface area contributed by atoms with Crippen LogP contribution in [0, 0.1) is 17.8 Å². The van der Waals surface area contributed by atoms with E-state index in [4.69, 9.17) is 10.5 Å². The molecule has 0 aromatic carbocycles. The van der Waals surface area contributed by atoms with Crippen molar-refractivity contribution in [3.63, 3.8) is 0 Å². The summed E-state index contributed by atoms with van der Waals surface area (Å²) in [5.41, 5.74) is 3.87. The molecule has 108 heavy (non-hydrogen) atoms. The molecule has 3 rings (SSSR count). The zero-order chi connectivity index (χ0) is 81.8. The van der Waals surface area contributed by atoms with E-state index in [2.05, 4.69) is 73.8 Å². The number of ether oxygens (including phenoxy) is 1. The quantitative estimate of drug-likeness (QED) is 0.0270. The highest BCUT2D eigenvalue weighted by molar-refractivity contribution is 6.00. The van der Waals surface area contributed by atoms with E-state index >= 15 is 0 Å². The number of imidazole rings is 1. The van der Waals surface area contributed by atoms with Crippen LogP contribution in [0.25, 0.3) is 0 Å². The Morgan fingerprint density at radius 1 is 0.565 bits per heavy atom. The number of aliphatic hydroxyl groups is 7. The SMILES string of the molecule is CC(C)C[C@H](NC(=O)[C@H](Cc1cnc[nH]1)NC(=O)[C@@H](N[C@@]1(CO)O[C@H](CO)[C@@H](O)[C@@H]1O)C(C)C)C(=O)N[C@H](C(=O)N1CCC[C@H]1C(=O)N[C@@H](CCC(=O)O)C(=O)N[C@@H](CCC(=O)O)C(=O)N[C@@H](CCCCN)C(=O)N[C@@H](CO)C(=O)N[C@@H](C)C(=O)N[C@H](C(=O)N[C@H](C(=O)N[C@@H](C)C(=O)O)[C@@H](C)O)C(C)C)[C@@H](C)O. The van der Waals surface area contributed by atoms with Gasteiger partial charge in [0, 0.05) is 37.7 Å². The van der Waals surface area contributed by atoms with Crippen LogP contribution in [0.1, 0.15) is 139 Å². The molecular formula is C66H110N16O26. The van der Waals surface area contributed by atoms with Gasteiger partial charge >= 0.3 is 17.9 Å². The number of aromatic nitrogens is 2. The topological polar surface area (TPSA) is 670 Å². The molecule has 2 saturated heterocycles. The number of amides is 12. The molecule has 610 valence electrons. The number of carboxylic acid groups (broad SMARTS) is 3. The summed E-state index contributed by atoms with van der Waals surface area (Å²) in [6.07, 6.45) is -8.68. The lowest BCUT2D eigenvalue weighted by Gasteiger charge is -2.36. The van der Waals surface area contributed by atoms with Gasteiger partial charge < -0.3 is 130 Å². The smallest absolute Gasteiger partial charge is 0.325 e. The second kappa shape index (κ2) is 44.4. The molecular weight excluding hydrogens is 1430 g/mol. The fraction of sp³-hybridized carbons (Fsp3) is 0.727. The average Bonchev–Trinajstić information content (AvgIpc) is 1.62. The van der Waals surface area contributed by atoms with Gasteiger partial charge in [0.2, 0.25) is 70.9 Å².